The molecule has 0 aliphatic rings. The zero-order chi connectivity index (χ0) is 12.7. The average Bonchev–Trinajstić information content (AvgIpc) is 2.26. The molecule has 0 N–H and O–H groups in total. The number of ether oxygens (including phenoxy) is 1. The van der Waals surface area contributed by atoms with Gasteiger partial charge in [-0.25, -0.2) is 0 Å². The smallest absolute Gasteiger partial charge is 0.322 e. The van der Waals surface area contributed by atoms with E-state index in [1.807, 2.05) is 6.92 Å². The van der Waals surface area contributed by atoms with Crippen molar-refractivity contribution in [1.82, 2.24) is 4.90 Å². The third kappa shape index (κ3) is 4.52. The molecule has 0 aliphatic carbocycles. The summed E-state index contributed by atoms with van der Waals surface area (Å²) in [6.07, 6.45) is 2.15. The topological polar surface area (TPSA) is 29.5 Å². The van der Waals surface area contributed by atoms with Gasteiger partial charge in [0.1, 0.15) is 6.04 Å². The van der Waals surface area contributed by atoms with Crippen LogP contribution in [0, 0.1) is 5.92 Å². The number of hydrogen-bond donors (Lipinski definition) is 0. The Hall–Kier alpha value is -0.570. The summed E-state index contributed by atoms with van der Waals surface area (Å²) in [6, 6.07) is 0.328. The van der Waals surface area contributed by atoms with Crippen molar-refractivity contribution in [3.63, 3.8) is 0 Å². The largest absolute Gasteiger partial charge is 0.468 e. The van der Waals surface area contributed by atoms with Gasteiger partial charge >= 0.3 is 5.97 Å². The zero-order valence-electron chi connectivity index (χ0n) is 11.6. The van der Waals surface area contributed by atoms with Crippen LogP contribution in [-0.4, -0.2) is 36.6 Å². The molecule has 0 fully saturated rings. The normalized spacial score (nSPS) is 13.6. The third-order valence-corrected chi connectivity index (χ3v) is 3.03. The Balaban J connectivity index is 4.70. The molecule has 0 amide bonds. The van der Waals surface area contributed by atoms with E-state index in [9.17, 15) is 4.79 Å². The van der Waals surface area contributed by atoms with Gasteiger partial charge in [0.15, 0.2) is 0 Å². The van der Waals surface area contributed by atoms with Gasteiger partial charge in [-0.05, 0) is 25.7 Å². The molecular weight excluding hydrogens is 202 g/mol. The summed E-state index contributed by atoms with van der Waals surface area (Å²) in [5.74, 6) is 0.431. The standard InChI is InChI=1S/C13H27NO2/c1-7-12(8-2)14(9-10(3)4)11(5)13(15)16-6/h10-12H,7-9H2,1-6H3. The van der Waals surface area contributed by atoms with Crippen LogP contribution in [0.1, 0.15) is 47.5 Å². The minimum absolute atomic E-state index is 0.132. The molecule has 0 spiro atoms. The zero-order valence-corrected chi connectivity index (χ0v) is 11.6. The SMILES string of the molecule is CCC(CC)N(CC(C)C)C(C)C(=O)OC. The number of rotatable bonds is 7. The van der Waals surface area contributed by atoms with Crippen molar-refractivity contribution < 1.29 is 9.53 Å². The van der Waals surface area contributed by atoms with Crippen molar-refractivity contribution in [1.29, 1.82) is 0 Å². The lowest BCUT2D eigenvalue weighted by Crippen LogP contribution is -2.47. The number of carbonyl (C=O) groups excluding carboxylic acids is 1. The Morgan fingerprint density at radius 1 is 1.19 bits per heavy atom. The maximum absolute atomic E-state index is 11.6. The Labute approximate surface area is 100 Å². The Bertz CT molecular complexity index is 200. The third-order valence-electron chi connectivity index (χ3n) is 3.03. The number of methoxy groups -OCH3 is 1. The van der Waals surface area contributed by atoms with E-state index in [0.29, 0.717) is 12.0 Å². The molecular formula is C13H27NO2. The summed E-state index contributed by atoms with van der Waals surface area (Å²) in [6.45, 7) is 11.6. The number of hydrogen-bond acceptors (Lipinski definition) is 3. The molecule has 0 saturated heterocycles. The van der Waals surface area contributed by atoms with Gasteiger partial charge in [0.05, 0.1) is 7.11 Å². The fraction of sp³-hybridized carbons (Fsp3) is 0.923. The van der Waals surface area contributed by atoms with E-state index in [1.165, 1.54) is 7.11 Å². The van der Waals surface area contributed by atoms with Gasteiger partial charge in [0.25, 0.3) is 0 Å². The summed E-state index contributed by atoms with van der Waals surface area (Å²) < 4.78 is 4.83. The number of esters is 1. The minimum Gasteiger partial charge on any atom is -0.468 e. The molecule has 0 rings (SSSR count). The van der Waals surface area contributed by atoms with Crippen LogP contribution in [-0.2, 0) is 9.53 Å². The first kappa shape index (κ1) is 15.4. The molecule has 1 atom stereocenters. The summed E-state index contributed by atoms with van der Waals surface area (Å²) in [7, 11) is 1.46. The lowest BCUT2D eigenvalue weighted by molar-refractivity contribution is -0.147. The van der Waals surface area contributed by atoms with E-state index >= 15 is 0 Å². The van der Waals surface area contributed by atoms with Crippen LogP contribution in [0.15, 0.2) is 0 Å². The Morgan fingerprint density at radius 3 is 2.00 bits per heavy atom. The monoisotopic (exact) mass is 229 g/mol. The van der Waals surface area contributed by atoms with Crippen LogP contribution >= 0.6 is 0 Å². The molecule has 0 radical (unpaired) electrons. The van der Waals surface area contributed by atoms with Gasteiger partial charge in [-0.2, -0.15) is 0 Å². The van der Waals surface area contributed by atoms with Crippen LogP contribution in [0.2, 0.25) is 0 Å². The second kappa shape index (κ2) is 7.66. The van der Waals surface area contributed by atoms with Crippen LogP contribution in [0.4, 0.5) is 0 Å². The number of carbonyl (C=O) groups is 1. The first-order valence-corrected chi connectivity index (χ1v) is 6.31. The van der Waals surface area contributed by atoms with Gasteiger partial charge in [-0.1, -0.05) is 27.7 Å². The van der Waals surface area contributed by atoms with Crippen LogP contribution in [0.5, 0.6) is 0 Å². The lowest BCUT2D eigenvalue weighted by Gasteiger charge is -2.35. The molecule has 16 heavy (non-hydrogen) atoms. The van der Waals surface area contributed by atoms with Crippen molar-refractivity contribution in [2.24, 2.45) is 5.92 Å². The van der Waals surface area contributed by atoms with Crippen LogP contribution in [0.3, 0.4) is 0 Å². The molecule has 96 valence electrons. The van der Waals surface area contributed by atoms with Gasteiger partial charge in [-0.15, -0.1) is 0 Å². The fourth-order valence-corrected chi connectivity index (χ4v) is 2.11. The van der Waals surface area contributed by atoms with E-state index < -0.39 is 0 Å². The van der Waals surface area contributed by atoms with Gasteiger partial charge in [-0.3, -0.25) is 9.69 Å². The quantitative estimate of drug-likeness (QED) is 0.629. The second-order valence-electron chi connectivity index (χ2n) is 4.76. The fourth-order valence-electron chi connectivity index (χ4n) is 2.11. The van der Waals surface area contributed by atoms with Crippen molar-refractivity contribution in [2.45, 2.75) is 59.5 Å². The molecule has 3 heteroatoms. The molecule has 0 aromatic carbocycles. The van der Waals surface area contributed by atoms with Crippen LogP contribution in [0.25, 0.3) is 0 Å². The highest BCUT2D eigenvalue weighted by Gasteiger charge is 2.27. The van der Waals surface area contributed by atoms with Crippen molar-refractivity contribution >= 4 is 5.97 Å². The number of nitrogens with zero attached hydrogens (tertiary/aromatic N) is 1. The summed E-state index contributed by atoms with van der Waals surface area (Å²) in [4.78, 5) is 13.9. The minimum atomic E-state index is -0.141. The molecule has 3 nitrogen and oxygen atoms in total. The average molecular weight is 229 g/mol. The molecule has 0 bridgehead atoms. The second-order valence-corrected chi connectivity index (χ2v) is 4.76. The van der Waals surface area contributed by atoms with E-state index in [0.717, 1.165) is 19.4 Å². The van der Waals surface area contributed by atoms with Crippen LogP contribution < -0.4 is 0 Å². The highest BCUT2D eigenvalue weighted by Crippen LogP contribution is 2.15. The van der Waals surface area contributed by atoms with E-state index in [1.54, 1.807) is 0 Å². The maximum atomic E-state index is 11.6. The lowest BCUT2D eigenvalue weighted by atomic mass is 10.0. The highest BCUT2D eigenvalue weighted by molar-refractivity contribution is 5.75. The van der Waals surface area contributed by atoms with Gasteiger partial charge in [0, 0.05) is 12.6 Å². The van der Waals surface area contributed by atoms with Crippen molar-refractivity contribution in [2.75, 3.05) is 13.7 Å². The summed E-state index contributed by atoms with van der Waals surface area (Å²) in [5.41, 5.74) is 0. The molecule has 0 aromatic rings. The van der Waals surface area contributed by atoms with Crippen molar-refractivity contribution in [3.8, 4) is 0 Å². The molecule has 1 unspecified atom stereocenters. The predicted octanol–water partition coefficient (Wildman–Crippen LogP) is 2.69. The van der Waals surface area contributed by atoms with E-state index in [-0.39, 0.29) is 12.0 Å². The van der Waals surface area contributed by atoms with Gasteiger partial charge < -0.3 is 4.74 Å². The molecule has 0 saturated carbocycles. The van der Waals surface area contributed by atoms with Crippen molar-refractivity contribution in [3.05, 3.63) is 0 Å². The van der Waals surface area contributed by atoms with E-state index in [2.05, 4.69) is 32.6 Å². The first-order valence-electron chi connectivity index (χ1n) is 6.31. The highest BCUT2D eigenvalue weighted by atomic mass is 16.5. The Kier molecular flexibility index (Phi) is 7.39. The maximum Gasteiger partial charge on any atom is 0.322 e. The summed E-state index contributed by atoms with van der Waals surface area (Å²) >= 11 is 0. The predicted molar refractivity (Wildman–Crippen MR) is 67.4 cm³/mol. The first-order chi connectivity index (χ1) is 7.47. The Morgan fingerprint density at radius 2 is 1.69 bits per heavy atom. The molecule has 0 aromatic heterocycles. The molecule has 0 heterocycles. The molecule has 0 aliphatic heterocycles. The summed E-state index contributed by atoms with van der Waals surface area (Å²) in [5, 5.41) is 0. The van der Waals surface area contributed by atoms with E-state index in [4.69, 9.17) is 4.74 Å². The van der Waals surface area contributed by atoms with Gasteiger partial charge in [0.2, 0.25) is 0 Å².